The number of carbonyl (C=O) groups is 1. The van der Waals surface area contributed by atoms with Crippen LogP contribution in [0.4, 0.5) is 10.1 Å². The van der Waals surface area contributed by atoms with Gasteiger partial charge in [0.2, 0.25) is 11.6 Å². The van der Waals surface area contributed by atoms with Gasteiger partial charge in [0.15, 0.2) is 5.16 Å². The second-order valence-corrected chi connectivity index (χ2v) is 8.62. The smallest absolute Gasteiger partial charge is 0.300 e. The number of carbonyl (C=O) groups excluding carboxylic acids is 1. The predicted molar refractivity (Wildman–Crippen MR) is 123 cm³/mol. The second kappa shape index (κ2) is 8.96. The van der Waals surface area contributed by atoms with Crippen LogP contribution in [0.25, 0.3) is 11.3 Å². The van der Waals surface area contributed by atoms with E-state index in [1.807, 2.05) is 39.0 Å². The van der Waals surface area contributed by atoms with Gasteiger partial charge in [0.25, 0.3) is 0 Å². The zero-order chi connectivity index (χ0) is 22.8. The summed E-state index contributed by atoms with van der Waals surface area (Å²) < 4.78 is 16.2. The van der Waals surface area contributed by atoms with Crippen molar-refractivity contribution in [3.63, 3.8) is 0 Å². The van der Waals surface area contributed by atoms with Gasteiger partial charge in [0.05, 0.1) is 5.25 Å². The van der Waals surface area contributed by atoms with E-state index in [2.05, 4.69) is 15.5 Å². The second-order valence-electron chi connectivity index (χ2n) is 7.45. The molecule has 1 amide bonds. The van der Waals surface area contributed by atoms with Gasteiger partial charge in [-0.1, -0.05) is 30.8 Å². The zero-order valence-corrected chi connectivity index (χ0v) is 18.7. The molecule has 7 nitrogen and oxygen atoms in total. The Labute approximate surface area is 188 Å². The van der Waals surface area contributed by atoms with Gasteiger partial charge in [-0.2, -0.15) is 0 Å². The Kier molecular flexibility index (Phi) is 6.09. The quantitative estimate of drug-likeness (QED) is 0.446. The first-order valence-corrected chi connectivity index (χ1v) is 11.0. The topological polar surface area (TPSA) is 81.3 Å². The van der Waals surface area contributed by atoms with Gasteiger partial charge in [-0.15, -0.1) is 10.2 Å². The van der Waals surface area contributed by atoms with Gasteiger partial charge < -0.3 is 5.32 Å². The molecule has 4 rings (SSSR count). The van der Waals surface area contributed by atoms with Crippen LogP contribution >= 0.6 is 11.8 Å². The number of thioether (sulfide) groups is 1. The standard InChI is InChI=1S/C23H22FN5O2S/c1-4-19(21(30)25-18-13-14(2)5-6-15(18)3)32-23-27-26-20-22(31)28(11-12-29(20)23)17-9-7-16(24)8-10-17/h5-13,19H,4H2,1-3H3,(H,25,30)/t19-/m0/s1. The van der Waals surface area contributed by atoms with Gasteiger partial charge in [-0.05, 0) is 61.7 Å². The lowest BCUT2D eigenvalue weighted by atomic mass is 10.1. The van der Waals surface area contributed by atoms with Gasteiger partial charge >= 0.3 is 5.56 Å². The summed E-state index contributed by atoms with van der Waals surface area (Å²) in [6, 6.07) is 11.5. The van der Waals surface area contributed by atoms with Gasteiger partial charge in [-0.25, -0.2) is 4.39 Å². The number of hydrogen-bond donors (Lipinski definition) is 1. The highest BCUT2D eigenvalue weighted by Gasteiger charge is 2.22. The molecule has 32 heavy (non-hydrogen) atoms. The average Bonchev–Trinajstić information content (AvgIpc) is 3.19. The van der Waals surface area contributed by atoms with E-state index in [-0.39, 0.29) is 22.9 Å². The van der Waals surface area contributed by atoms with Crippen LogP contribution in [0.5, 0.6) is 0 Å². The number of anilines is 1. The van der Waals surface area contributed by atoms with Gasteiger partial charge in [-0.3, -0.25) is 18.6 Å². The van der Waals surface area contributed by atoms with Crippen molar-refractivity contribution in [3.8, 4) is 5.69 Å². The van der Waals surface area contributed by atoms with E-state index in [0.29, 0.717) is 17.3 Å². The van der Waals surface area contributed by atoms with Crippen molar-refractivity contribution in [1.29, 1.82) is 0 Å². The van der Waals surface area contributed by atoms with Crippen molar-refractivity contribution >= 4 is 29.0 Å². The maximum absolute atomic E-state index is 13.2. The van der Waals surface area contributed by atoms with Crippen LogP contribution in [0.15, 0.2) is 64.8 Å². The molecule has 0 spiro atoms. The molecule has 2 heterocycles. The first-order chi connectivity index (χ1) is 15.4. The fourth-order valence-electron chi connectivity index (χ4n) is 3.28. The lowest BCUT2D eigenvalue weighted by Gasteiger charge is -2.15. The van der Waals surface area contributed by atoms with Crippen LogP contribution in [0.2, 0.25) is 0 Å². The van der Waals surface area contributed by atoms with Gasteiger partial charge in [0, 0.05) is 23.8 Å². The van der Waals surface area contributed by atoms with Crippen molar-refractivity contribution in [3.05, 3.63) is 82.2 Å². The molecule has 0 fully saturated rings. The SMILES string of the molecule is CC[C@H](Sc1nnc2c(=O)n(-c3ccc(F)cc3)ccn12)C(=O)Nc1cc(C)ccc1C. The molecular formula is C23H22FN5O2S. The maximum Gasteiger partial charge on any atom is 0.300 e. The molecule has 164 valence electrons. The number of nitrogens with one attached hydrogen (secondary N) is 1. The number of nitrogens with zero attached hydrogens (tertiary/aromatic N) is 4. The Hall–Kier alpha value is -3.46. The number of halogens is 1. The molecule has 4 aromatic rings. The number of hydrogen-bond acceptors (Lipinski definition) is 5. The Morgan fingerprint density at radius 2 is 1.88 bits per heavy atom. The normalized spacial score (nSPS) is 12.1. The van der Waals surface area contributed by atoms with E-state index in [0.717, 1.165) is 16.8 Å². The summed E-state index contributed by atoms with van der Waals surface area (Å²) in [7, 11) is 0. The lowest BCUT2D eigenvalue weighted by molar-refractivity contribution is -0.115. The number of amides is 1. The Bertz CT molecular complexity index is 1350. The third kappa shape index (κ3) is 4.29. The summed E-state index contributed by atoms with van der Waals surface area (Å²) in [5.41, 5.74) is 3.10. The van der Waals surface area contributed by atoms with Crippen LogP contribution in [0.3, 0.4) is 0 Å². The van der Waals surface area contributed by atoms with E-state index in [1.165, 1.54) is 40.6 Å². The molecule has 0 aliphatic rings. The minimum Gasteiger partial charge on any atom is -0.325 e. The molecule has 0 saturated heterocycles. The van der Waals surface area contributed by atoms with E-state index >= 15 is 0 Å². The fourth-order valence-corrected chi connectivity index (χ4v) is 4.22. The molecule has 2 aromatic carbocycles. The molecule has 9 heteroatoms. The summed E-state index contributed by atoms with van der Waals surface area (Å²) in [6.07, 6.45) is 3.81. The van der Waals surface area contributed by atoms with Crippen molar-refractivity contribution < 1.29 is 9.18 Å². The average molecular weight is 452 g/mol. The fraction of sp³-hybridized carbons (Fsp3) is 0.217. The molecule has 0 unspecified atom stereocenters. The van der Waals surface area contributed by atoms with E-state index in [1.54, 1.807) is 16.8 Å². The van der Waals surface area contributed by atoms with Gasteiger partial charge in [0.1, 0.15) is 5.82 Å². The number of fused-ring (bicyclic) bond motifs is 1. The number of rotatable bonds is 6. The van der Waals surface area contributed by atoms with Crippen LogP contribution in [-0.2, 0) is 4.79 Å². The molecule has 2 aromatic heterocycles. The molecule has 0 aliphatic carbocycles. The Morgan fingerprint density at radius 1 is 1.12 bits per heavy atom. The monoisotopic (exact) mass is 451 g/mol. The number of benzene rings is 2. The van der Waals surface area contributed by atoms with Crippen LogP contribution in [0, 0.1) is 19.7 Å². The summed E-state index contributed by atoms with van der Waals surface area (Å²) in [5.74, 6) is -0.517. The van der Waals surface area contributed by atoms with E-state index in [9.17, 15) is 14.0 Å². The molecule has 0 aliphatic heterocycles. The minimum atomic E-state index is -0.415. The number of aromatic nitrogens is 4. The van der Waals surface area contributed by atoms with Crippen LogP contribution < -0.4 is 10.9 Å². The summed E-state index contributed by atoms with van der Waals surface area (Å²) in [5, 5.41) is 11.2. The summed E-state index contributed by atoms with van der Waals surface area (Å²) in [4.78, 5) is 25.8. The largest absolute Gasteiger partial charge is 0.325 e. The van der Waals surface area contributed by atoms with Crippen molar-refractivity contribution in [2.45, 2.75) is 37.6 Å². The molecule has 0 radical (unpaired) electrons. The van der Waals surface area contributed by atoms with E-state index < -0.39 is 5.25 Å². The predicted octanol–water partition coefficient (Wildman–Crippen LogP) is 4.15. The first-order valence-electron chi connectivity index (χ1n) is 10.1. The summed E-state index contributed by atoms with van der Waals surface area (Å²) >= 11 is 1.25. The minimum absolute atomic E-state index is 0.129. The number of aryl methyl sites for hydroxylation is 2. The third-order valence-electron chi connectivity index (χ3n) is 5.11. The molecule has 0 bridgehead atoms. The zero-order valence-electron chi connectivity index (χ0n) is 17.9. The first kappa shape index (κ1) is 21.8. The van der Waals surface area contributed by atoms with Crippen molar-refractivity contribution in [2.75, 3.05) is 5.32 Å². The summed E-state index contributed by atoms with van der Waals surface area (Å²) in [6.45, 7) is 5.84. The molecular weight excluding hydrogens is 429 g/mol. The molecule has 0 saturated carbocycles. The van der Waals surface area contributed by atoms with Crippen molar-refractivity contribution in [1.82, 2.24) is 19.2 Å². The Morgan fingerprint density at radius 3 is 2.59 bits per heavy atom. The molecule has 1 atom stereocenters. The van der Waals surface area contributed by atoms with Crippen molar-refractivity contribution in [2.24, 2.45) is 0 Å². The Balaban J connectivity index is 1.59. The lowest BCUT2D eigenvalue weighted by Crippen LogP contribution is -2.25. The van der Waals surface area contributed by atoms with E-state index in [4.69, 9.17) is 0 Å². The highest BCUT2D eigenvalue weighted by atomic mass is 32.2. The maximum atomic E-state index is 13.2. The third-order valence-corrected chi connectivity index (χ3v) is 6.43. The highest BCUT2D eigenvalue weighted by Crippen LogP contribution is 2.26. The highest BCUT2D eigenvalue weighted by molar-refractivity contribution is 8.00. The van der Waals surface area contributed by atoms with Crippen LogP contribution in [0.1, 0.15) is 24.5 Å². The molecule has 1 N–H and O–H groups in total. The van der Waals surface area contributed by atoms with Crippen LogP contribution in [-0.4, -0.2) is 30.3 Å².